The molecule has 0 spiro atoms. The van der Waals surface area contributed by atoms with E-state index in [-0.39, 0.29) is 28.0 Å². The maximum absolute atomic E-state index is 13.4. The lowest BCUT2D eigenvalue weighted by Gasteiger charge is -2.33. The number of benzene rings is 3. The third-order valence-electron chi connectivity index (χ3n) is 4.96. The van der Waals surface area contributed by atoms with Gasteiger partial charge in [-0.1, -0.05) is 72.3 Å². The minimum Gasteiger partial charge on any atom is -0.486 e. The quantitative estimate of drug-likeness (QED) is 0.235. The van der Waals surface area contributed by atoms with Crippen LogP contribution in [-0.2, 0) is 9.59 Å². The molecule has 0 aromatic heterocycles. The zero-order valence-electron chi connectivity index (χ0n) is 17.8. The number of anilines is 2. The summed E-state index contributed by atoms with van der Waals surface area (Å²) in [6.07, 6.45) is 2.91. The fourth-order valence-corrected chi connectivity index (χ4v) is 4.06. The molecule has 6 nitrogen and oxygen atoms in total. The number of hydrogen-bond acceptors (Lipinski definition) is 4. The maximum atomic E-state index is 13.4. The second-order valence-electron chi connectivity index (χ2n) is 7.21. The number of nitrogens with zero attached hydrogens (tertiary/aromatic N) is 2. The van der Waals surface area contributed by atoms with E-state index < -0.39 is 17.8 Å². The summed E-state index contributed by atoms with van der Waals surface area (Å²) in [4.78, 5) is 42.0. The van der Waals surface area contributed by atoms with E-state index in [1.807, 2.05) is 0 Å². The van der Waals surface area contributed by atoms with Gasteiger partial charge in [-0.05, 0) is 48.0 Å². The van der Waals surface area contributed by atoms with E-state index in [0.29, 0.717) is 16.9 Å². The first-order chi connectivity index (χ1) is 16.4. The van der Waals surface area contributed by atoms with Crippen LogP contribution in [0.4, 0.5) is 16.2 Å². The molecule has 0 atom stereocenters. The van der Waals surface area contributed by atoms with Gasteiger partial charge in [0.15, 0.2) is 5.75 Å². The van der Waals surface area contributed by atoms with Gasteiger partial charge in [-0.15, -0.1) is 0 Å². The summed E-state index contributed by atoms with van der Waals surface area (Å²) in [5, 5.41) is 0.403. The van der Waals surface area contributed by atoms with E-state index in [2.05, 4.69) is 6.58 Å². The number of amides is 4. The van der Waals surface area contributed by atoms with Crippen LogP contribution in [0, 0.1) is 0 Å². The van der Waals surface area contributed by atoms with E-state index in [0.717, 1.165) is 9.80 Å². The molecule has 3 aromatic carbocycles. The minimum atomic E-state index is -0.770. The second kappa shape index (κ2) is 9.95. The highest BCUT2D eigenvalue weighted by molar-refractivity contribution is 6.46. The molecule has 34 heavy (non-hydrogen) atoms. The van der Waals surface area contributed by atoms with Crippen LogP contribution in [0.15, 0.2) is 91.0 Å². The number of hydrogen-bond donors (Lipinski definition) is 0. The van der Waals surface area contributed by atoms with Gasteiger partial charge in [-0.2, -0.15) is 0 Å². The van der Waals surface area contributed by atoms with Gasteiger partial charge in [0, 0.05) is 0 Å². The van der Waals surface area contributed by atoms with Crippen LogP contribution in [0.5, 0.6) is 5.75 Å². The normalized spacial score (nSPS) is 13.8. The number of carbonyl (C=O) groups is 3. The smallest absolute Gasteiger partial charge is 0.343 e. The molecule has 0 N–H and O–H groups in total. The van der Waals surface area contributed by atoms with Crippen LogP contribution >= 0.6 is 23.2 Å². The lowest BCUT2D eigenvalue weighted by atomic mass is 10.0. The molecule has 4 rings (SSSR count). The molecule has 1 aliphatic rings. The number of carbonyl (C=O) groups excluding carboxylic acids is 3. The van der Waals surface area contributed by atoms with Crippen LogP contribution < -0.4 is 14.5 Å². The molecule has 1 aliphatic heterocycles. The molecule has 8 heteroatoms. The van der Waals surface area contributed by atoms with Crippen molar-refractivity contribution in [3.8, 4) is 5.75 Å². The Bertz CT molecular complexity index is 1220. The molecule has 1 saturated heterocycles. The molecular formula is C26H18Cl2N2O4. The third-order valence-corrected chi connectivity index (χ3v) is 5.52. The van der Waals surface area contributed by atoms with Crippen molar-refractivity contribution in [1.29, 1.82) is 0 Å². The van der Waals surface area contributed by atoms with Crippen molar-refractivity contribution in [2.45, 2.75) is 0 Å². The number of imide groups is 2. The zero-order valence-corrected chi connectivity index (χ0v) is 19.3. The number of urea groups is 1. The van der Waals surface area contributed by atoms with E-state index in [1.165, 1.54) is 18.2 Å². The average Bonchev–Trinajstić information content (AvgIpc) is 2.83. The summed E-state index contributed by atoms with van der Waals surface area (Å²) >= 11 is 12.6. The number of ether oxygens (including phenoxy) is 1. The summed E-state index contributed by atoms with van der Waals surface area (Å²) in [7, 11) is 0. The Hall–Kier alpha value is -3.87. The molecular weight excluding hydrogens is 475 g/mol. The lowest BCUT2D eigenvalue weighted by molar-refractivity contribution is -0.121. The van der Waals surface area contributed by atoms with Crippen molar-refractivity contribution >= 4 is 58.5 Å². The Kier molecular flexibility index (Phi) is 6.82. The van der Waals surface area contributed by atoms with Crippen molar-refractivity contribution < 1.29 is 19.1 Å². The van der Waals surface area contributed by atoms with E-state index in [9.17, 15) is 14.4 Å². The molecule has 0 bridgehead atoms. The van der Waals surface area contributed by atoms with Gasteiger partial charge in [0.25, 0.3) is 11.8 Å². The van der Waals surface area contributed by atoms with Crippen LogP contribution in [0.3, 0.4) is 0 Å². The standard InChI is InChI=1S/C26H18Cl2N2O4/c1-2-13-34-23-21(27)15-17(16-22(23)28)14-20-24(31)29(18-9-5-3-6-10-18)26(33)30(25(20)32)19-11-7-4-8-12-19/h2-12,14-16H,1,13H2. The highest BCUT2D eigenvalue weighted by Gasteiger charge is 2.43. The molecule has 4 amide bonds. The van der Waals surface area contributed by atoms with Crippen molar-refractivity contribution in [3.63, 3.8) is 0 Å². The molecule has 1 fully saturated rings. The molecule has 170 valence electrons. The second-order valence-corrected chi connectivity index (χ2v) is 8.02. The van der Waals surface area contributed by atoms with Gasteiger partial charge < -0.3 is 4.74 Å². The summed E-state index contributed by atoms with van der Waals surface area (Å²) in [6.45, 7) is 3.79. The fourth-order valence-electron chi connectivity index (χ4n) is 3.45. The molecule has 3 aromatic rings. The van der Waals surface area contributed by atoms with Gasteiger partial charge in [-0.3, -0.25) is 9.59 Å². The minimum absolute atomic E-state index is 0.202. The highest BCUT2D eigenvalue weighted by Crippen LogP contribution is 2.36. The van der Waals surface area contributed by atoms with Gasteiger partial charge in [-0.25, -0.2) is 14.6 Å². The molecule has 0 saturated carbocycles. The predicted molar refractivity (Wildman–Crippen MR) is 133 cm³/mol. The Morgan fingerprint density at radius 3 is 1.71 bits per heavy atom. The summed E-state index contributed by atoms with van der Waals surface area (Å²) in [6, 6.07) is 19.1. The highest BCUT2D eigenvalue weighted by atomic mass is 35.5. The first kappa shape index (κ1) is 23.3. The molecule has 1 heterocycles. The van der Waals surface area contributed by atoms with E-state index in [1.54, 1.807) is 66.7 Å². The predicted octanol–water partition coefficient (Wildman–Crippen LogP) is 6.14. The van der Waals surface area contributed by atoms with Crippen LogP contribution in [0.25, 0.3) is 6.08 Å². The number of halogens is 2. The van der Waals surface area contributed by atoms with Crippen molar-refractivity contribution in [1.82, 2.24) is 0 Å². The van der Waals surface area contributed by atoms with Gasteiger partial charge >= 0.3 is 6.03 Å². The number of barbiturate groups is 1. The van der Waals surface area contributed by atoms with Crippen molar-refractivity contribution in [3.05, 3.63) is 107 Å². The zero-order chi connectivity index (χ0) is 24.2. The van der Waals surface area contributed by atoms with Gasteiger partial charge in [0.2, 0.25) is 0 Å². The Balaban J connectivity index is 1.83. The Morgan fingerprint density at radius 2 is 1.26 bits per heavy atom. The van der Waals surface area contributed by atoms with E-state index >= 15 is 0 Å². The topological polar surface area (TPSA) is 66.9 Å². The Labute approximate surface area is 206 Å². The Morgan fingerprint density at radius 1 is 0.794 bits per heavy atom. The molecule has 0 aliphatic carbocycles. The van der Waals surface area contributed by atoms with Crippen molar-refractivity contribution in [2.24, 2.45) is 0 Å². The summed E-state index contributed by atoms with van der Waals surface area (Å²) in [5.41, 5.74) is 0.842. The van der Waals surface area contributed by atoms with Gasteiger partial charge in [0.1, 0.15) is 12.2 Å². The van der Waals surface area contributed by atoms with E-state index in [4.69, 9.17) is 27.9 Å². The third kappa shape index (κ3) is 4.46. The largest absolute Gasteiger partial charge is 0.486 e. The summed E-state index contributed by atoms with van der Waals surface area (Å²) in [5.74, 6) is -1.25. The maximum Gasteiger partial charge on any atom is 0.343 e. The lowest BCUT2D eigenvalue weighted by Crippen LogP contribution is -2.57. The molecule has 0 unspecified atom stereocenters. The van der Waals surface area contributed by atoms with Crippen LogP contribution in [-0.4, -0.2) is 24.5 Å². The SMILES string of the molecule is C=CCOc1c(Cl)cc(C=C2C(=O)N(c3ccccc3)C(=O)N(c3ccccc3)C2=O)cc1Cl. The average molecular weight is 493 g/mol. The summed E-state index contributed by atoms with van der Waals surface area (Å²) < 4.78 is 5.47. The first-order valence-corrected chi connectivity index (χ1v) is 11.0. The molecule has 0 radical (unpaired) electrons. The fraction of sp³-hybridized carbons (Fsp3) is 0.0385. The van der Waals surface area contributed by atoms with Crippen molar-refractivity contribution in [2.75, 3.05) is 16.4 Å². The van der Waals surface area contributed by atoms with Crippen LogP contribution in [0.2, 0.25) is 10.0 Å². The number of rotatable bonds is 6. The number of para-hydroxylation sites is 2. The van der Waals surface area contributed by atoms with Gasteiger partial charge in [0.05, 0.1) is 21.4 Å². The van der Waals surface area contributed by atoms with Crippen LogP contribution in [0.1, 0.15) is 5.56 Å². The monoisotopic (exact) mass is 492 g/mol. The first-order valence-electron chi connectivity index (χ1n) is 10.2.